The zero-order chi connectivity index (χ0) is 20.7. The van der Waals surface area contributed by atoms with Crippen molar-refractivity contribution in [1.29, 1.82) is 0 Å². The highest BCUT2D eigenvalue weighted by atomic mass is 35.5. The number of fused-ring (bicyclic) bond motifs is 3. The van der Waals surface area contributed by atoms with Crippen molar-refractivity contribution in [3.8, 4) is 5.75 Å². The molecular weight excluding hydrogens is 396 g/mol. The smallest absolute Gasteiger partial charge is 0.254 e. The lowest BCUT2D eigenvalue weighted by atomic mass is 9.91. The normalized spacial score (nSPS) is 15.8. The molecule has 3 aromatic carbocycles. The Bertz CT molecular complexity index is 1210. The minimum atomic E-state index is -0.201. The summed E-state index contributed by atoms with van der Waals surface area (Å²) in [6.45, 7) is 0.646. The maximum Gasteiger partial charge on any atom is 0.254 e. The molecule has 0 bridgehead atoms. The van der Waals surface area contributed by atoms with Gasteiger partial charge in [0.1, 0.15) is 5.75 Å². The second-order valence-electron chi connectivity index (χ2n) is 7.49. The van der Waals surface area contributed by atoms with Crippen molar-refractivity contribution in [2.24, 2.45) is 0 Å². The third-order valence-corrected chi connectivity index (χ3v) is 6.07. The van der Waals surface area contributed by atoms with Gasteiger partial charge in [-0.3, -0.25) is 4.79 Å². The lowest BCUT2D eigenvalue weighted by Gasteiger charge is -2.36. The van der Waals surface area contributed by atoms with Gasteiger partial charge in [-0.2, -0.15) is 0 Å². The molecular formula is C25H21ClN2O2. The van der Waals surface area contributed by atoms with Crippen LogP contribution in [0.1, 0.15) is 33.2 Å². The molecule has 0 aliphatic carbocycles. The van der Waals surface area contributed by atoms with Gasteiger partial charge in [0.2, 0.25) is 0 Å². The van der Waals surface area contributed by atoms with Crippen molar-refractivity contribution in [1.82, 2.24) is 9.88 Å². The Morgan fingerprint density at radius 2 is 1.77 bits per heavy atom. The monoisotopic (exact) mass is 416 g/mol. The lowest BCUT2D eigenvalue weighted by molar-refractivity contribution is 0.0692. The van der Waals surface area contributed by atoms with E-state index in [1.807, 2.05) is 59.5 Å². The summed E-state index contributed by atoms with van der Waals surface area (Å²) < 4.78 is 5.23. The zero-order valence-electron chi connectivity index (χ0n) is 16.6. The van der Waals surface area contributed by atoms with E-state index in [0.717, 1.165) is 28.9 Å². The van der Waals surface area contributed by atoms with Crippen molar-refractivity contribution in [2.45, 2.75) is 12.5 Å². The number of carbonyl (C=O) groups is 1. The van der Waals surface area contributed by atoms with E-state index in [4.69, 9.17) is 16.3 Å². The third-order valence-electron chi connectivity index (χ3n) is 5.82. The number of ether oxygens (including phenoxy) is 1. The van der Waals surface area contributed by atoms with E-state index in [1.54, 1.807) is 7.11 Å². The van der Waals surface area contributed by atoms with Crippen LogP contribution in [0.4, 0.5) is 0 Å². The standard InChI is InChI=1S/C25H21ClN2O2/c1-30-19-12-8-17(9-13-19)25(29)28-15-14-21-20-4-2-3-5-22(20)27-23(21)24(28)16-6-10-18(26)11-7-16/h2-13,24,27H,14-15H2,1H3/t24-/m0/s1. The maximum absolute atomic E-state index is 13.5. The van der Waals surface area contributed by atoms with Crippen LogP contribution in [0.5, 0.6) is 5.75 Å². The van der Waals surface area contributed by atoms with Gasteiger partial charge in [0.25, 0.3) is 5.91 Å². The number of amides is 1. The van der Waals surface area contributed by atoms with E-state index in [0.29, 0.717) is 17.1 Å². The minimum absolute atomic E-state index is 0.00177. The number of aromatic amines is 1. The van der Waals surface area contributed by atoms with Crippen LogP contribution >= 0.6 is 11.6 Å². The second kappa shape index (κ2) is 7.54. The van der Waals surface area contributed by atoms with E-state index in [-0.39, 0.29) is 11.9 Å². The molecule has 5 rings (SSSR count). The molecule has 30 heavy (non-hydrogen) atoms. The van der Waals surface area contributed by atoms with Gasteiger partial charge in [-0.05, 0) is 60.0 Å². The van der Waals surface area contributed by atoms with Gasteiger partial charge in [0.05, 0.1) is 13.2 Å². The molecule has 0 spiro atoms. The molecule has 0 fully saturated rings. The van der Waals surface area contributed by atoms with Gasteiger partial charge in [0.15, 0.2) is 0 Å². The average molecular weight is 417 g/mol. The van der Waals surface area contributed by atoms with E-state index >= 15 is 0 Å². The van der Waals surface area contributed by atoms with Crippen LogP contribution in [0.15, 0.2) is 72.8 Å². The molecule has 1 aromatic heterocycles. The van der Waals surface area contributed by atoms with Crippen molar-refractivity contribution in [2.75, 3.05) is 13.7 Å². The number of H-pyrrole nitrogens is 1. The first kappa shape index (κ1) is 18.8. The van der Waals surface area contributed by atoms with E-state index in [1.165, 1.54) is 10.9 Å². The van der Waals surface area contributed by atoms with Crippen LogP contribution in [0.2, 0.25) is 5.02 Å². The van der Waals surface area contributed by atoms with E-state index in [2.05, 4.69) is 23.2 Å². The Labute approximate surface area is 180 Å². The number of aromatic nitrogens is 1. The van der Waals surface area contributed by atoms with Gasteiger partial charge in [-0.1, -0.05) is 41.9 Å². The zero-order valence-corrected chi connectivity index (χ0v) is 17.3. The Hall–Kier alpha value is -3.24. The van der Waals surface area contributed by atoms with Gasteiger partial charge in [-0.25, -0.2) is 0 Å². The molecule has 0 saturated heterocycles. The Morgan fingerprint density at radius 1 is 1.03 bits per heavy atom. The minimum Gasteiger partial charge on any atom is -0.497 e. The quantitative estimate of drug-likeness (QED) is 0.471. The third kappa shape index (κ3) is 3.14. The summed E-state index contributed by atoms with van der Waals surface area (Å²) in [6, 6.07) is 23.2. The predicted octanol–water partition coefficient (Wildman–Crippen LogP) is 5.62. The Morgan fingerprint density at radius 3 is 2.50 bits per heavy atom. The Kier molecular flexibility index (Phi) is 4.72. The summed E-state index contributed by atoms with van der Waals surface area (Å²) in [5.41, 5.74) is 5.14. The van der Waals surface area contributed by atoms with Gasteiger partial charge >= 0.3 is 0 Å². The summed E-state index contributed by atoms with van der Waals surface area (Å²) in [7, 11) is 1.62. The predicted molar refractivity (Wildman–Crippen MR) is 119 cm³/mol. The topological polar surface area (TPSA) is 45.3 Å². The number of nitrogens with zero attached hydrogens (tertiary/aromatic N) is 1. The molecule has 0 radical (unpaired) electrons. The maximum atomic E-state index is 13.5. The van der Waals surface area contributed by atoms with Crippen LogP contribution < -0.4 is 4.74 Å². The molecule has 4 nitrogen and oxygen atoms in total. The fourth-order valence-electron chi connectivity index (χ4n) is 4.35. The molecule has 5 heteroatoms. The van der Waals surface area contributed by atoms with Crippen LogP contribution in [0.3, 0.4) is 0 Å². The number of rotatable bonds is 3. The van der Waals surface area contributed by atoms with Gasteiger partial charge in [0, 0.05) is 33.7 Å². The highest BCUT2D eigenvalue weighted by molar-refractivity contribution is 6.30. The van der Waals surface area contributed by atoms with Gasteiger partial charge in [-0.15, -0.1) is 0 Å². The molecule has 0 saturated carbocycles. The molecule has 1 aliphatic rings. The molecule has 150 valence electrons. The van der Waals surface area contributed by atoms with Crippen molar-refractivity contribution in [3.05, 3.63) is 100 Å². The number of halogens is 1. The molecule has 1 amide bonds. The molecule has 2 heterocycles. The number of benzene rings is 3. The average Bonchev–Trinajstić information content (AvgIpc) is 3.17. The number of carbonyl (C=O) groups excluding carboxylic acids is 1. The number of hydrogen-bond donors (Lipinski definition) is 1. The fourth-order valence-corrected chi connectivity index (χ4v) is 4.48. The lowest BCUT2D eigenvalue weighted by Crippen LogP contribution is -2.40. The van der Waals surface area contributed by atoms with Crippen LogP contribution in [0.25, 0.3) is 10.9 Å². The van der Waals surface area contributed by atoms with E-state index < -0.39 is 0 Å². The first-order valence-corrected chi connectivity index (χ1v) is 10.3. The first-order valence-electron chi connectivity index (χ1n) is 9.95. The molecule has 0 unspecified atom stereocenters. The number of nitrogens with one attached hydrogen (secondary N) is 1. The van der Waals surface area contributed by atoms with E-state index in [9.17, 15) is 4.79 Å². The van der Waals surface area contributed by atoms with Crippen LogP contribution in [-0.2, 0) is 6.42 Å². The molecule has 1 N–H and O–H groups in total. The molecule has 4 aromatic rings. The first-order chi connectivity index (χ1) is 14.7. The summed E-state index contributed by atoms with van der Waals surface area (Å²) in [5, 5.41) is 1.91. The van der Waals surface area contributed by atoms with Gasteiger partial charge < -0.3 is 14.6 Å². The highest BCUT2D eigenvalue weighted by Crippen LogP contribution is 2.39. The number of hydrogen-bond acceptors (Lipinski definition) is 2. The van der Waals surface area contributed by atoms with Crippen molar-refractivity contribution < 1.29 is 9.53 Å². The second-order valence-corrected chi connectivity index (χ2v) is 7.93. The Balaban J connectivity index is 1.62. The fraction of sp³-hybridized carbons (Fsp3) is 0.160. The SMILES string of the molecule is COc1ccc(C(=O)N2CCc3c([nH]c4ccccc34)[C@@H]2c2ccc(Cl)cc2)cc1. The highest BCUT2D eigenvalue weighted by Gasteiger charge is 2.34. The van der Waals surface area contributed by atoms with Crippen LogP contribution in [-0.4, -0.2) is 29.4 Å². The molecule has 1 atom stereocenters. The number of para-hydroxylation sites is 1. The summed E-state index contributed by atoms with van der Waals surface area (Å²) in [5.74, 6) is 0.735. The molecule has 1 aliphatic heterocycles. The van der Waals surface area contributed by atoms with Crippen molar-refractivity contribution >= 4 is 28.4 Å². The summed E-state index contributed by atoms with van der Waals surface area (Å²) in [4.78, 5) is 19.1. The summed E-state index contributed by atoms with van der Waals surface area (Å²) >= 11 is 6.14. The van der Waals surface area contributed by atoms with Crippen molar-refractivity contribution in [3.63, 3.8) is 0 Å². The number of methoxy groups -OCH3 is 1. The summed E-state index contributed by atoms with van der Waals surface area (Å²) in [6.07, 6.45) is 0.811. The largest absolute Gasteiger partial charge is 0.497 e. The van der Waals surface area contributed by atoms with Crippen LogP contribution in [0, 0.1) is 0 Å².